The maximum Gasteiger partial charge on any atom is 0.312 e. The first kappa shape index (κ1) is 14.3. The molecule has 23 heavy (non-hydrogen) atoms. The second kappa shape index (κ2) is 4.83. The van der Waals surface area contributed by atoms with E-state index in [2.05, 4.69) is 0 Å². The highest BCUT2D eigenvalue weighted by Crippen LogP contribution is 2.52. The second-order valence-electron chi connectivity index (χ2n) is 6.05. The number of benzene rings is 1. The summed E-state index contributed by atoms with van der Waals surface area (Å²) in [5.41, 5.74) is 0.0456. The Morgan fingerprint density at radius 1 is 1.30 bits per heavy atom. The molecule has 4 atom stereocenters. The fourth-order valence-electron chi connectivity index (χ4n) is 3.88. The number of nitrogens with zero attached hydrogens (tertiary/aromatic N) is 1. The number of esters is 1. The van der Waals surface area contributed by atoms with Crippen LogP contribution in [-0.4, -0.2) is 44.3 Å². The summed E-state index contributed by atoms with van der Waals surface area (Å²) in [6.45, 7) is 0.406. The summed E-state index contributed by atoms with van der Waals surface area (Å²) in [6, 6.07) is 7.27. The average Bonchev–Trinajstić information content (AvgIpc) is 3.22. The Hall–Kier alpha value is -2.34. The van der Waals surface area contributed by atoms with Gasteiger partial charge in [-0.15, -0.1) is 0 Å². The Morgan fingerprint density at radius 2 is 2.04 bits per heavy atom. The first-order valence-corrected chi connectivity index (χ1v) is 7.50. The standard InChI is InChI=1S/C17H17NO5/c1-21-11-5-3-10(4-6-11)18-9-17-8-7-12(23-17)13(16(20)22-2)14(17)15(18)19/h3-8,12-14H,9H2,1-2H3/t12-,13-,14+,17+/m1/s1. The third-order valence-electron chi connectivity index (χ3n) is 4.96. The minimum absolute atomic E-state index is 0.0996. The van der Waals surface area contributed by atoms with E-state index in [1.165, 1.54) is 7.11 Å². The molecule has 3 aliphatic rings. The molecule has 4 rings (SSSR count). The molecule has 6 heteroatoms. The van der Waals surface area contributed by atoms with Crippen LogP contribution in [0.2, 0.25) is 0 Å². The number of fused-ring (bicyclic) bond motifs is 1. The molecule has 0 unspecified atom stereocenters. The van der Waals surface area contributed by atoms with Crippen molar-refractivity contribution in [3.05, 3.63) is 36.4 Å². The normalized spacial score (nSPS) is 33.9. The third-order valence-corrected chi connectivity index (χ3v) is 4.96. The van der Waals surface area contributed by atoms with Crippen LogP contribution in [0.3, 0.4) is 0 Å². The van der Waals surface area contributed by atoms with Gasteiger partial charge in [0.25, 0.3) is 0 Å². The van der Waals surface area contributed by atoms with Crippen LogP contribution in [-0.2, 0) is 19.1 Å². The van der Waals surface area contributed by atoms with Crippen molar-refractivity contribution in [2.75, 3.05) is 25.7 Å². The molecule has 2 fully saturated rings. The fourth-order valence-corrected chi connectivity index (χ4v) is 3.88. The van der Waals surface area contributed by atoms with Gasteiger partial charge >= 0.3 is 5.97 Å². The summed E-state index contributed by atoms with van der Waals surface area (Å²) in [5, 5.41) is 0. The van der Waals surface area contributed by atoms with Crippen LogP contribution in [0.4, 0.5) is 5.69 Å². The predicted molar refractivity (Wildman–Crippen MR) is 81.1 cm³/mol. The molecule has 0 aromatic heterocycles. The van der Waals surface area contributed by atoms with Crippen molar-refractivity contribution < 1.29 is 23.8 Å². The zero-order valence-corrected chi connectivity index (χ0v) is 12.9. The minimum atomic E-state index is -0.722. The molecular formula is C17H17NO5. The number of hydrogen-bond acceptors (Lipinski definition) is 5. The van der Waals surface area contributed by atoms with Gasteiger partial charge in [-0.25, -0.2) is 0 Å². The van der Waals surface area contributed by atoms with Gasteiger partial charge in [-0.05, 0) is 24.3 Å². The Kier molecular flexibility index (Phi) is 2.99. The van der Waals surface area contributed by atoms with E-state index in [0.717, 1.165) is 11.4 Å². The highest BCUT2D eigenvalue weighted by molar-refractivity contribution is 6.02. The Bertz CT molecular complexity index is 697. The summed E-state index contributed by atoms with van der Waals surface area (Å²) in [7, 11) is 2.93. The smallest absolute Gasteiger partial charge is 0.312 e. The molecular weight excluding hydrogens is 298 g/mol. The summed E-state index contributed by atoms with van der Waals surface area (Å²) < 4.78 is 16.0. The summed E-state index contributed by atoms with van der Waals surface area (Å²) >= 11 is 0. The van der Waals surface area contributed by atoms with Crippen LogP contribution in [0.5, 0.6) is 5.75 Å². The fraction of sp³-hybridized carbons (Fsp3) is 0.412. The largest absolute Gasteiger partial charge is 0.497 e. The van der Waals surface area contributed by atoms with Crippen LogP contribution in [0.15, 0.2) is 36.4 Å². The van der Waals surface area contributed by atoms with Gasteiger partial charge < -0.3 is 19.1 Å². The third kappa shape index (κ3) is 1.84. The van der Waals surface area contributed by atoms with Crippen molar-refractivity contribution >= 4 is 17.6 Å². The molecule has 0 aliphatic carbocycles. The van der Waals surface area contributed by atoms with Crippen LogP contribution in [0.1, 0.15) is 0 Å². The summed E-state index contributed by atoms with van der Waals surface area (Å²) in [6.07, 6.45) is 3.42. The Morgan fingerprint density at radius 3 is 2.70 bits per heavy atom. The summed E-state index contributed by atoms with van der Waals surface area (Å²) in [4.78, 5) is 26.7. The molecule has 3 aliphatic heterocycles. The minimum Gasteiger partial charge on any atom is -0.497 e. The van der Waals surface area contributed by atoms with Crippen molar-refractivity contribution in [1.29, 1.82) is 0 Å². The van der Waals surface area contributed by atoms with Crippen molar-refractivity contribution in [3.8, 4) is 5.75 Å². The van der Waals surface area contributed by atoms with Crippen molar-refractivity contribution in [2.45, 2.75) is 11.7 Å². The number of amides is 1. The first-order chi connectivity index (χ1) is 11.1. The van der Waals surface area contributed by atoms with Gasteiger partial charge in [-0.1, -0.05) is 12.2 Å². The number of carbonyl (C=O) groups excluding carboxylic acids is 2. The molecule has 1 aromatic rings. The quantitative estimate of drug-likeness (QED) is 0.618. The van der Waals surface area contributed by atoms with Gasteiger partial charge in [-0.3, -0.25) is 9.59 Å². The second-order valence-corrected chi connectivity index (χ2v) is 6.05. The Balaban J connectivity index is 1.68. The van der Waals surface area contributed by atoms with E-state index in [-0.39, 0.29) is 12.0 Å². The molecule has 2 saturated heterocycles. The van der Waals surface area contributed by atoms with Crippen LogP contribution < -0.4 is 9.64 Å². The van der Waals surface area contributed by atoms with E-state index >= 15 is 0 Å². The van der Waals surface area contributed by atoms with Gasteiger partial charge in [0, 0.05) is 5.69 Å². The average molecular weight is 315 g/mol. The predicted octanol–water partition coefficient (Wildman–Crippen LogP) is 1.15. The van der Waals surface area contributed by atoms with E-state index in [9.17, 15) is 9.59 Å². The number of carbonyl (C=O) groups is 2. The highest BCUT2D eigenvalue weighted by Gasteiger charge is 2.67. The molecule has 120 valence electrons. The van der Waals surface area contributed by atoms with E-state index in [4.69, 9.17) is 14.2 Å². The molecule has 1 spiro atoms. The van der Waals surface area contributed by atoms with Crippen molar-refractivity contribution in [2.24, 2.45) is 11.8 Å². The molecule has 2 bridgehead atoms. The molecule has 6 nitrogen and oxygen atoms in total. The number of rotatable bonds is 3. The van der Waals surface area contributed by atoms with Gasteiger partial charge in [0.15, 0.2) is 0 Å². The van der Waals surface area contributed by atoms with E-state index in [1.54, 1.807) is 24.1 Å². The number of hydrogen-bond donors (Lipinski definition) is 0. The SMILES string of the molecule is COC(=O)[C@H]1[C@H]2C(=O)N(c3ccc(OC)cc3)C[C@@]23C=C[C@H]1O3. The lowest BCUT2D eigenvalue weighted by atomic mass is 9.77. The van der Waals surface area contributed by atoms with Crippen LogP contribution in [0.25, 0.3) is 0 Å². The van der Waals surface area contributed by atoms with E-state index < -0.39 is 23.4 Å². The molecule has 1 aromatic carbocycles. The first-order valence-electron chi connectivity index (χ1n) is 7.50. The van der Waals surface area contributed by atoms with Gasteiger partial charge in [0.05, 0.1) is 32.8 Å². The topological polar surface area (TPSA) is 65.1 Å². The molecule has 0 radical (unpaired) electrons. The van der Waals surface area contributed by atoms with Gasteiger partial charge in [0.1, 0.15) is 17.3 Å². The lowest BCUT2D eigenvalue weighted by Gasteiger charge is -2.22. The lowest BCUT2D eigenvalue weighted by Crippen LogP contribution is -2.39. The highest BCUT2D eigenvalue weighted by atomic mass is 16.5. The molecule has 0 saturated carbocycles. The van der Waals surface area contributed by atoms with Crippen LogP contribution in [0, 0.1) is 11.8 Å². The molecule has 3 heterocycles. The van der Waals surface area contributed by atoms with E-state index in [1.807, 2.05) is 24.3 Å². The molecule has 0 N–H and O–H groups in total. The van der Waals surface area contributed by atoms with E-state index in [0.29, 0.717) is 6.54 Å². The summed E-state index contributed by atoms with van der Waals surface area (Å²) in [5.74, 6) is -0.857. The zero-order valence-electron chi connectivity index (χ0n) is 12.9. The maximum atomic E-state index is 12.9. The number of methoxy groups -OCH3 is 2. The zero-order chi connectivity index (χ0) is 16.2. The van der Waals surface area contributed by atoms with Crippen molar-refractivity contribution in [1.82, 2.24) is 0 Å². The maximum absolute atomic E-state index is 12.9. The van der Waals surface area contributed by atoms with Gasteiger partial charge in [0.2, 0.25) is 5.91 Å². The van der Waals surface area contributed by atoms with Crippen LogP contribution >= 0.6 is 0 Å². The lowest BCUT2D eigenvalue weighted by molar-refractivity contribution is -0.149. The van der Waals surface area contributed by atoms with Crippen molar-refractivity contribution in [3.63, 3.8) is 0 Å². The number of anilines is 1. The Labute approximate surface area is 133 Å². The number of ether oxygens (including phenoxy) is 3. The molecule has 1 amide bonds. The monoisotopic (exact) mass is 315 g/mol. The van der Waals surface area contributed by atoms with Gasteiger partial charge in [-0.2, -0.15) is 0 Å².